The lowest BCUT2D eigenvalue weighted by Crippen LogP contribution is -2.08. The summed E-state index contributed by atoms with van der Waals surface area (Å²) in [7, 11) is 0. The van der Waals surface area contributed by atoms with Crippen LogP contribution in [-0.4, -0.2) is 25.7 Å². The van der Waals surface area contributed by atoms with Crippen LogP contribution in [-0.2, 0) is 0 Å². The third-order valence-electron chi connectivity index (χ3n) is 3.85. The molecule has 100 valence electrons. The highest BCUT2D eigenvalue weighted by molar-refractivity contribution is 6.33. The molecule has 19 heavy (non-hydrogen) atoms. The zero-order valence-electron chi connectivity index (χ0n) is 10.9. The molecule has 1 aliphatic carbocycles. The molecule has 4 nitrogen and oxygen atoms in total. The van der Waals surface area contributed by atoms with Crippen molar-refractivity contribution in [2.24, 2.45) is 5.92 Å². The number of hydrogen-bond acceptors (Lipinski definition) is 3. The zero-order chi connectivity index (χ0) is 13.6. The molecule has 0 aliphatic heterocycles. The minimum absolute atomic E-state index is 0.225. The standard InChI is InChI=1S/C14H16ClN3O/c1-8-5-10(6-12(8)9(2)19)18-4-3-11-13(15)16-7-17-14(11)18/h3-4,6-10,19H,5H2,1-2H3. The lowest BCUT2D eigenvalue weighted by Gasteiger charge is -2.13. The van der Waals surface area contributed by atoms with Gasteiger partial charge in [0, 0.05) is 6.20 Å². The molecule has 0 saturated carbocycles. The van der Waals surface area contributed by atoms with Gasteiger partial charge in [0.25, 0.3) is 0 Å². The van der Waals surface area contributed by atoms with Crippen molar-refractivity contribution in [3.05, 3.63) is 35.4 Å². The predicted molar refractivity (Wildman–Crippen MR) is 75.1 cm³/mol. The topological polar surface area (TPSA) is 50.9 Å². The Hall–Kier alpha value is -1.39. The first-order chi connectivity index (χ1) is 9.08. The summed E-state index contributed by atoms with van der Waals surface area (Å²) in [5, 5.41) is 11.1. The van der Waals surface area contributed by atoms with Gasteiger partial charge in [0.05, 0.1) is 17.5 Å². The first-order valence-corrected chi connectivity index (χ1v) is 6.82. The molecule has 2 heterocycles. The zero-order valence-corrected chi connectivity index (χ0v) is 11.7. The smallest absolute Gasteiger partial charge is 0.145 e. The van der Waals surface area contributed by atoms with Gasteiger partial charge in [0.15, 0.2) is 0 Å². The molecule has 0 bridgehead atoms. The van der Waals surface area contributed by atoms with E-state index in [2.05, 4.69) is 27.5 Å². The van der Waals surface area contributed by atoms with E-state index in [1.165, 1.54) is 6.33 Å². The number of aromatic nitrogens is 3. The fourth-order valence-electron chi connectivity index (χ4n) is 2.91. The first-order valence-electron chi connectivity index (χ1n) is 6.44. The van der Waals surface area contributed by atoms with Crippen LogP contribution in [0.4, 0.5) is 0 Å². The number of aliphatic hydroxyl groups excluding tert-OH is 1. The molecule has 0 amide bonds. The molecular weight excluding hydrogens is 262 g/mol. The normalized spacial score (nSPS) is 24.7. The summed E-state index contributed by atoms with van der Waals surface area (Å²) in [6.07, 6.45) is 6.21. The molecule has 0 fully saturated rings. The van der Waals surface area contributed by atoms with Gasteiger partial charge in [-0.25, -0.2) is 9.97 Å². The number of hydrogen-bond donors (Lipinski definition) is 1. The SMILES string of the molecule is CC(O)C1=CC(n2ccc3c(Cl)ncnc32)CC1C. The summed E-state index contributed by atoms with van der Waals surface area (Å²) in [4.78, 5) is 8.31. The van der Waals surface area contributed by atoms with Crippen molar-refractivity contribution in [2.75, 3.05) is 0 Å². The Labute approximate surface area is 116 Å². The largest absolute Gasteiger partial charge is 0.389 e. The van der Waals surface area contributed by atoms with E-state index in [4.69, 9.17) is 11.6 Å². The highest BCUT2D eigenvalue weighted by Crippen LogP contribution is 2.37. The fraction of sp³-hybridized carbons (Fsp3) is 0.429. The molecule has 2 aromatic heterocycles. The number of fused-ring (bicyclic) bond motifs is 1. The van der Waals surface area contributed by atoms with Crippen LogP contribution in [0.15, 0.2) is 30.2 Å². The van der Waals surface area contributed by atoms with E-state index in [1.54, 1.807) is 0 Å². The molecule has 3 unspecified atom stereocenters. The van der Waals surface area contributed by atoms with Crippen molar-refractivity contribution in [3.63, 3.8) is 0 Å². The van der Waals surface area contributed by atoms with Crippen LogP contribution in [0, 0.1) is 5.92 Å². The van der Waals surface area contributed by atoms with Crippen LogP contribution < -0.4 is 0 Å². The van der Waals surface area contributed by atoms with Crippen LogP contribution in [0.25, 0.3) is 11.0 Å². The van der Waals surface area contributed by atoms with E-state index in [0.29, 0.717) is 11.1 Å². The Morgan fingerprint density at radius 1 is 1.47 bits per heavy atom. The second-order valence-corrected chi connectivity index (χ2v) is 5.53. The maximum atomic E-state index is 9.77. The van der Waals surface area contributed by atoms with E-state index in [-0.39, 0.29) is 12.1 Å². The number of nitrogens with zero attached hydrogens (tertiary/aromatic N) is 3. The summed E-state index contributed by atoms with van der Waals surface area (Å²) in [6.45, 7) is 3.96. The average molecular weight is 278 g/mol. The Kier molecular flexibility index (Phi) is 3.07. The summed E-state index contributed by atoms with van der Waals surface area (Å²) in [5.41, 5.74) is 1.95. The lowest BCUT2D eigenvalue weighted by atomic mass is 10.00. The third kappa shape index (κ3) is 2.05. The number of rotatable bonds is 2. The van der Waals surface area contributed by atoms with E-state index in [1.807, 2.05) is 19.2 Å². The van der Waals surface area contributed by atoms with Crippen molar-refractivity contribution in [3.8, 4) is 0 Å². The van der Waals surface area contributed by atoms with E-state index < -0.39 is 0 Å². The van der Waals surface area contributed by atoms with Gasteiger partial charge in [-0.3, -0.25) is 0 Å². The molecular formula is C14H16ClN3O. The second kappa shape index (κ2) is 4.62. The van der Waals surface area contributed by atoms with Crippen LogP contribution in [0.3, 0.4) is 0 Å². The quantitative estimate of drug-likeness (QED) is 0.678. The van der Waals surface area contributed by atoms with Crippen molar-refractivity contribution in [2.45, 2.75) is 32.4 Å². The van der Waals surface area contributed by atoms with Crippen molar-refractivity contribution < 1.29 is 5.11 Å². The first kappa shape index (κ1) is 12.6. The van der Waals surface area contributed by atoms with Crippen LogP contribution >= 0.6 is 11.6 Å². The van der Waals surface area contributed by atoms with Crippen molar-refractivity contribution >= 4 is 22.6 Å². The van der Waals surface area contributed by atoms with Gasteiger partial charge in [-0.2, -0.15) is 0 Å². The molecule has 0 saturated heterocycles. The van der Waals surface area contributed by atoms with Gasteiger partial charge in [-0.05, 0) is 30.9 Å². The van der Waals surface area contributed by atoms with Crippen LogP contribution in [0.1, 0.15) is 26.3 Å². The number of allylic oxidation sites excluding steroid dienone is 1. The predicted octanol–water partition coefficient (Wildman–Crippen LogP) is 2.97. The molecule has 3 rings (SSSR count). The molecule has 0 radical (unpaired) electrons. The molecule has 3 atom stereocenters. The molecule has 0 spiro atoms. The Morgan fingerprint density at radius 3 is 2.95 bits per heavy atom. The maximum Gasteiger partial charge on any atom is 0.145 e. The van der Waals surface area contributed by atoms with Crippen LogP contribution in [0.5, 0.6) is 0 Å². The average Bonchev–Trinajstić information content (AvgIpc) is 2.93. The monoisotopic (exact) mass is 277 g/mol. The Morgan fingerprint density at radius 2 is 2.26 bits per heavy atom. The van der Waals surface area contributed by atoms with Gasteiger partial charge in [0.1, 0.15) is 17.1 Å². The summed E-state index contributed by atoms with van der Waals surface area (Å²) >= 11 is 6.06. The van der Waals surface area contributed by atoms with Gasteiger partial charge >= 0.3 is 0 Å². The van der Waals surface area contributed by atoms with Gasteiger partial charge in [0.2, 0.25) is 0 Å². The van der Waals surface area contributed by atoms with Gasteiger partial charge in [-0.1, -0.05) is 24.6 Å². The molecule has 5 heteroatoms. The van der Waals surface area contributed by atoms with Gasteiger partial charge < -0.3 is 9.67 Å². The number of aliphatic hydroxyl groups is 1. The van der Waals surface area contributed by atoms with Crippen molar-refractivity contribution in [1.82, 2.24) is 14.5 Å². The molecule has 0 aromatic carbocycles. The summed E-state index contributed by atoms with van der Waals surface area (Å²) < 4.78 is 2.11. The maximum absolute atomic E-state index is 9.77. The molecule has 2 aromatic rings. The summed E-state index contributed by atoms with van der Waals surface area (Å²) in [6, 6.07) is 2.17. The Balaban J connectivity index is 2.05. The fourth-order valence-corrected chi connectivity index (χ4v) is 3.10. The van der Waals surface area contributed by atoms with E-state index in [9.17, 15) is 5.11 Å². The minimum Gasteiger partial charge on any atom is -0.389 e. The third-order valence-corrected chi connectivity index (χ3v) is 4.15. The number of halogens is 1. The second-order valence-electron chi connectivity index (χ2n) is 5.17. The van der Waals surface area contributed by atoms with Crippen molar-refractivity contribution in [1.29, 1.82) is 0 Å². The molecule has 1 aliphatic rings. The minimum atomic E-state index is -0.389. The summed E-state index contributed by atoms with van der Waals surface area (Å²) in [5.74, 6) is 0.389. The van der Waals surface area contributed by atoms with Crippen LogP contribution in [0.2, 0.25) is 5.15 Å². The Bertz CT molecular complexity index is 647. The van der Waals surface area contributed by atoms with Gasteiger partial charge in [-0.15, -0.1) is 0 Å². The molecule has 1 N–H and O–H groups in total. The highest BCUT2D eigenvalue weighted by atomic mass is 35.5. The van der Waals surface area contributed by atoms with E-state index >= 15 is 0 Å². The highest BCUT2D eigenvalue weighted by Gasteiger charge is 2.27. The van der Waals surface area contributed by atoms with E-state index in [0.717, 1.165) is 23.0 Å². The lowest BCUT2D eigenvalue weighted by molar-refractivity contribution is 0.220.